The maximum absolute atomic E-state index is 11.7. The Balaban J connectivity index is 2.64. The van der Waals surface area contributed by atoms with Crippen LogP contribution in [0.3, 0.4) is 0 Å². The predicted molar refractivity (Wildman–Crippen MR) is 61.6 cm³/mol. The van der Waals surface area contributed by atoms with Crippen LogP contribution in [-0.4, -0.2) is 18.4 Å². The van der Waals surface area contributed by atoms with E-state index in [1.807, 2.05) is 13.8 Å². The van der Waals surface area contributed by atoms with Gasteiger partial charge in [0.2, 0.25) is 0 Å². The molecule has 2 amide bonds. The summed E-state index contributed by atoms with van der Waals surface area (Å²) in [6, 6.07) is 1.67. The molecule has 84 valence electrons. The second kappa shape index (κ2) is 3.90. The molecular formula is C11H10BrNO3. The number of hydrogen-bond donors (Lipinski definition) is 1. The van der Waals surface area contributed by atoms with E-state index < -0.39 is 11.8 Å². The maximum Gasteiger partial charge on any atom is 0.264 e. The molecule has 0 radical (unpaired) electrons. The fourth-order valence-electron chi connectivity index (χ4n) is 1.57. The minimum atomic E-state index is -0.422. The van der Waals surface area contributed by atoms with Crippen molar-refractivity contribution in [3.8, 4) is 5.75 Å². The standard InChI is InChI=1S/C11H10BrNO3/c1-5-6(2)10-7(3-8(5)12)11(15)13-9(14)4-16-10/h3H,4H2,1-2H3,(H,13,14,15). The van der Waals surface area contributed by atoms with Crippen LogP contribution in [0.5, 0.6) is 5.75 Å². The van der Waals surface area contributed by atoms with Crippen molar-refractivity contribution >= 4 is 27.7 Å². The molecule has 1 heterocycles. The third-order valence-electron chi connectivity index (χ3n) is 2.62. The summed E-state index contributed by atoms with van der Waals surface area (Å²) in [4.78, 5) is 22.9. The van der Waals surface area contributed by atoms with Gasteiger partial charge in [0.05, 0.1) is 5.56 Å². The van der Waals surface area contributed by atoms with Crippen molar-refractivity contribution in [3.63, 3.8) is 0 Å². The van der Waals surface area contributed by atoms with Gasteiger partial charge >= 0.3 is 0 Å². The number of halogens is 1. The fraction of sp³-hybridized carbons (Fsp3) is 0.273. The predicted octanol–water partition coefficient (Wildman–Crippen LogP) is 1.71. The molecule has 1 aromatic carbocycles. The monoisotopic (exact) mass is 283 g/mol. The average molecular weight is 284 g/mol. The van der Waals surface area contributed by atoms with Crippen molar-refractivity contribution in [2.75, 3.05) is 6.61 Å². The average Bonchev–Trinajstić information content (AvgIpc) is 2.36. The van der Waals surface area contributed by atoms with E-state index in [0.717, 1.165) is 15.6 Å². The Morgan fingerprint density at radius 3 is 2.69 bits per heavy atom. The normalized spacial score (nSPS) is 14.9. The highest BCUT2D eigenvalue weighted by Crippen LogP contribution is 2.32. The summed E-state index contributed by atoms with van der Waals surface area (Å²) in [6.45, 7) is 3.66. The number of ether oxygens (including phenoxy) is 1. The smallest absolute Gasteiger partial charge is 0.264 e. The second-order valence-corrected chi connectivity index (χ2v) is 4.51. The van der Waals surface area contributed by atoms with Gasteiger partial charge in [0.15, 0.2) is 6.61 Å². The summed E-state index contributed by atoms with van der Waals surface area (Å²) in [5, 5.41) is 2.25. The van der Waals surface area contributed by atoms with E-state index in [2.05, 4.69) is 21.2 Å². The number of amides is 2. The number of imide groups is 1. The Morgan fingerprint density at radius 1 is 1.31 bits per heavy atom. The molecule has 4 nitrogen and oxygen atoms in total. The van der Waals surface area contributed by atoms with E-state index in [1.165, 1.54) is 0 Å². The van der Waals surface area contributed by atoms with Crippen molar-refractivity contribution in [2.45, 2.75) is 13.8 Å². The zero-order chi connectivity index (χ0) is 11.9. The first-order valence-electron chi connectivity index (χ1n) is 4.77. The lowest BCUT2D eigenvalue weighted by atomic mass is 10.0. The summed E-state index contributed by atoms with van der Waals surface area (Å²) in [6.07, 6.45) is 0. The topological polar surface area (TPSA) is 55.4 Å². The maximum atomic E-state index is 11.7. The zero-order valence-electron chi connectivity index (χ0n) is 8.89. The van der Waals surface area contributed by atoms with Gasteiger partial charge in [-0.2, -0.15) is 0 Å². The van der Waals surface area contributed by atoms with Crippen LogP contribution in [0.1, 0.15) is 21.5 Å². The molecule has 0 fully saturated rings. The molecule has 0 saturated heterocycles. The number of carbonyl (C=O) groups excluding carboxylic acids is 2. The number of fused-ring (bicyclic) bond motifs is 1. The van der Waals surface area contributed by atoms with Crippen LogP contribution < -0.4 is 10.1 Å². The minimum absolute atomic E-state index is 0.124. The molecule has 0 aliphatic carbocycles. The number of benzene rings is 1. The van der Waals surface area contributed by atoms with E-state index in [4.69, 9.17) is 4.74 Å². The van der Waals surface area contributed by atoms with Crippen LogP contribution in [0.4, 0.5) is 0 Å². The molecule has 2 rings (SSSR count). The van der Waals surface area contributed by atoms with E-state index in [9.17, 15) is 9.59 Å². The van der Waals surface area contributed by atoms with E-state index in [0.29, 0.717) is 11.3 Å². The first kappa shape index (κ1) is 11.1. The number of nitrogens with one attached hydrogen (secondary N) is 1. The lowest BCUT2D eigenvalue weighted by molar-refractivity contribution is -0.121. The summed E-state index contributed by atoms with van der Waals surface area (Å²) in [5.41, 5.74) is 2.26. The Labute approximate surface area is 101 Å². The summed E-state index contributed by atoms with van der Waals surface area (Å²) in [7, 11) is 0. The molecule has 0 aromatic heterocycles. The SMILES string of the molecule is Cc1c(Br)cc2c(c1C)OCC(=O)NC2=O. The van der Waals surface area contributed by atoms with Crippen LogP contribution in [0, 0.1) is 13.8 Å². The van der Waals surface area contributed by atoms with Gasteiger partial charge in [-0.1, -0.05) is 15.9 Å². The molecule has 1 aliphatic heterocycles. The van der Waals surface area contributed by atoms with Crippen molar-refractivity contribution in [1.29, 1.82) is 0 Å². The lowest BCUT2D eigenvalue weighted by Crippen LogP contribution is -2.31. The van der Waals surface area contributed by atoms with Gasteiger partial charge in [0, 0.05) is 4.47 Å². The Kier molecular flexibility index (Phi) is 2.71. The Hall–Kier alpha value is -1.36. The lowest BCUT2D eigenvalue weighted by Gasteiger charge is -2.12. The van der Waals surface area contributed by atoms with E-state index >= 15 is 0 Å². The molecule has 1 aliphatic rings. The van der Waals surface area contributed by atoms with Gasteiger partial charge < -0.3 is 4.74 Å². The van der Waals surface area contributed by atoms with Crippen LogP contribution in [0.15, 0.2) is 10.5 Å². The quantitative estimate of drug-likeness (QED) is 0.738. The number of hydrogen-bond acceptors (Lipinski definition) is 3. The van der Waals surface area contributed by atoms with Crippen LogP contribution in [0.2, 0.25) is 0 Å². The van der Waals surface area contributed by atoms with Crippen LogP contribution in [-0.2, 0) is 4.79 Å². The zero-order valence-corrected chi connectivity index (χ0v) is 10.5. The number of rotatable bonds is 0. The van der Waals surface area contributed by atoms with E-state index in [-0.39, 0.29) is 6.61 Å². The second-order valence-electron chi connectivity index (χ2n) is 3.65. The molecule has 16 heavy (non-hydrogen) atoms. The van der Waals surface area contributed by atoms with Gasteiger partial charge in [-0.25, -0.2) is 0 Å². The first-order chi connectivity index (χ1) is 7.50. The highest BCUT2D eigenvalue weighted by Gasteiger charge is 2.24. The molecule has 0 bridgehead atoms. The first-order valence-corrected chi connectivity index (χ1v) is 5.56. The Bertz CT molecular complexity index is 496. The van der Waals surface area contributed by atoms with Crippen molar-refractivity contribution in [2.24, 2.45) is 0 Å². The third-order valence-corrected chi connectivity index (χ3v) is 3.45. The highest BCUT2D eigenvalue weighted by molar-refractivity contribution is 9.10. The molecular weight excluding hydrogens is 274 g/mol. The molecule has 0 saturated carbocycles. The Morgan fingerprint density at radius 2 is 2.00 bits per heavy atom. The van der Waals surface area contributed by atoms with E-state index in [1.54, 1.807) is 6.07 Å². The summed E-state index contributed by atoms with van der Waals surface area (Å²) < 4.78 is 6.17. The van der Waals surface area contributed by atoms with Gasteiger partial charge in [0.25, 0.3) is 11.8 Å². The van der Waals surface area contributed by atoms with Crippen LogP contribution in [0.25, 0.3) is 0 Å². The highest BCUT2D eigenvalue weighted by atomic mass is 79.9. The molecule has 5 heteroatoms. The van der Waals surface area contributed by atoms with Crippen molar-refractivity contribution in [3.05, 3.63) is 27.2 Å². The molecule has 0 spiro atoms. The molecule has 1 aromatic rings. The van der Waals surface area contributed by atoms with Gasteiger partial charge in [0.1, 0.15) is 5.75 Å². The van der Waals surface area contributed by atoms with Crippen LogP contribution >= 0.6 is 15.9 Å². The van der Waals surface area contributed by atoms with Gasteiger partial charge in [-0.3, -0.25) is 14.9 Å². The molecule has 1 N–H and O–H groups in total. The molecule has 0 unspecified atom stereocenters. The fourth-order valence-corrected chi connectivity index (χ4v) is 2.10. The van der Waals surface area contributed by atoms with Crippen molar-refractivity contribution < 1.29 is 14.3 Å². The minimum Gasteiger partial charge on any atom is -0.483 e. The summed E-state index contributed by atoms with van der Waals surface area (Å²) >= 11 is 3.37. The van der Waals surface area contributed by atoms with Gasteiger partial charge in [-0.05, 0) is 31.0 Å². The largest absolute Gasteiger partial charge is 0.483 e. The third kappa shape index (κ3) is 1.71. The van der Waals surface area contributed by atoms with Crippen molar-refractivity contribution in [1.82, 2.24) is 5.32 Å². The molecule has 0 atom stereocenters. The summed E-state index contributed by atoms with van der Waals surface area (Å²) in [5.74, 6) is -0.347. The number of carbonyl (C=O) groups is 2. The van der Waals surface area contributed by atoms with Gasteiger partial charge in [-0.15, -0.1) is 0 Å².